The Morgan fingerprint density at radius 3 is 2.94 bits per heavy atom. The lowest BCUT2D eigenvalue weighted by molar-refractivity contribution is 0.00564. The smallest absolute Gasteiger partial charge is 0.125 e. The van der Waals surface area contributed by atoms with Crippen LogP contribution in [0.1, 0.15) is 12.8 Å². The summed E-state index contributed by atoms with van der Waals surface area (Å²) in [6.07, 6.45) is 2.54. The zero-order chi connectivity index (χ0) is 11.5. The van der Waals surface area contributed by atoms with E-state index < -0.39 is 0 Å². The average molecular weight is 224 g/mol. The first kappa shape index (κ1) is 11.2. The first-order chi connectivity index (χ1) is 7.69. The summed E-state index contributed by atoms with van der Waals surface area (Å²) in [5, 5.41) is 3.18. The molecule has 0 saturated heterocycles. The molecule has 0 radical (unpaired) electrons. The number of nitrogens with one attached hydrogen (secondary N) is 1. The van der Waals surface area contributed by atoms with Gasteiger partial charge in [0.25, 0.3) is 0 Å². The molecule has 88 valence electrons. The van der Waals surface area contributed by atoms with Crippen LogP contribution in [0.3, 0.4) is 0 Å². The standard InChI is InChI=1S/C12H17FN2O/c1-16-10-4-8(5-10)7-15-12-6-9(13)2-3-11(12)14/h2-3,6,8,10,15H,4-5,7,14H2,1H3. The van der Waals surface area contributed by atoms with Crippen LogP contribution in [0.25, 0.3) is 0 Å². The van der Waals surface area contributed by atoms with Crippen LogP contribution in [-0.2, 0) is 4.74 Å². The summed E-state index contributed by atoms with van der Waals surface area (Å²) in [4.78, 5) is 0. The Balaban J connectivity index is 1.83. The van der Waals surface area contributed by atoms with Crippen LogP contribution in [0.5, 0.6) is 0 Å². The number of hydrogen-bond donors (Lipinski definition) is 2. The van der Waals surface area contributed by atoms with Crippen molar-refractivity contribution in [3.05, 3.63) is 24.0 Å². The van der Waals surface area contributed by atoms with Gasteiger partial charge in [0.15, 0.2) is 0 Å². The van der Waals surface area contributed by atoms with Gasteiger partial charge >= 0.3 is 0 Å². The van der Waals surface area contributed by atoms with E-state index in [1.165, 1.54) is 12.1 Å². The Morgan fingerprint density at radius 2 is 2.25 bits per heavy atom. The van der Waals surface area contributed by atoms with E-state index in [2.05, 4.69) is 5.32 Å². The highest BCUT2D eigenvalue weighted by molar-refractivity contribution is 5.65. The highest BCUT2D eigenvalue weighted by Crippen LogP contribution is 2.30. The van der Waals surface area contributed by atoms with Crippen molar-refractivity contribution in [1.82, 2.24) is 0 Å². The molecule has 1 aromatic carbocycles. The monoisotopic (exact) mass is 224 g/mol. The largest absolute Gasteiger partial charge is 0.397 e. The van der Waals surface area contributed by atoms with Gasteiger partial charge in [0.05, 0.1) is 17.5 Å². The molecule has 1 aromatic rings. The normalized spacial score (nSPS) is 23.9. The molecule has 0 atom stereocenters. The van der Waals surface area contributed by atoms with Gasteiger partial charge in [-0.1, -0.05) is 0 Å². The predicted molar refractivity (Wildman–Crippen MR) is 62.8 cm³/mol. The number of nitrogen functional groups attached to an aromatic ring is 1. The van der Waals surface area contributed by atoms with Crippen molar-refractivity contribution in [2.75, 3.05) is 24.7 Å². The lowest BCUT2D eigenvalue weighted by Gasteiger charge is -2.34. The number of hydrogen-bond acceptors (Lipinski definition) is 3. The van der Waals surface area contributed by atoms with E-state index in [0.29, 0.717) is 23.4 Å². The fraction of sp³-hybridized carbons (Fsp3) is 0.500. The maximum atomic E-state index is 13.0. The molecular weight excluding hydrogens is 207 g/mol. The lowest BCUT2D eigenvalue weighted by Crippen LogP contribution is -2.34. The molecule has 1 saturated carbocycles. The molecule has 1 aliphatic rings. The Labute approximate surface area is 94.8 Å². The molecule has 0 aromatic heterocycles. The second-order valence-corrected chi connectivity index (χ2v) is 4.31. The van der Waals surface area contributed by atoms with Crippen molar-refractivity contribution in [3.63, 3.8) is 0 Å². The van der Waals surface area contributed by atoms with Gasteiger partial charge in [-0.2, -0.15) is 0 Å². The second kappa shape index (κ2) is 4.70. The molecule has 3 nitrogen and oxygen atoms in total. The maximum absolute atomic E-state index is 13.0. The third-order valence-corrected chi connectivity index (χ3v) is 3.12. The fourth-order valence-electron chi connectivity index (χ4n) is 1.97. The number of anilines is 2. The highest BCUT2D eigenvalue weighted by atomic mass is 19.1. The molecule has 0 unspecified atom stereocenters. The summed E-state index contributed by atoms with van der Waals surface area (Å²) in [6.45, 7) is 0.827. The Hall–Kier alpha value is -1.29. The molecule has 1 fully saturated rings. The third-order valence-electron chi connectivity index (χ3n) is 3.12. The molecular formula is C12H17FN2O. The van der Waals surface area contributed by atoms with Gasteiger partial charge < -0.3 is 15.8 Å². The molecule has 4 heteroatoms. The summed E-state index contributed by atoms with van der Waals surface area (Å²) in [5.41, 5.74) is 7.00. The number of nitrogens with two attached hydrogens (primary N) is 1. The van der Waals surface area contributed by atoms with Gasteiger partial charge in [0, 0.05) is 13.7 Å². The molecule has 0 spiro atoms. The van der Waals surface area contributed by atoms with Crippen molar-refractivity contribution >= 4 is 11.4 Å². The van der Waals surface area contributed by atoms with Crippen LogP contribution in [0.15, 0.2) is 18.2 Å². The minimum absolute atomic E-state index is 0.264. The molecule has 0 heterocycles. The fourth-order valence-corrected chi connectivity index (χ4v) is 1.97. The number of methoxy groups -OCH3 is 1. The first-order valence-electron chi connectivity index (χ1n) is 5.50. The van der Waals surface area contributed by atoms with Crippen molar-refractivity contribution < 1.29 is 9.13 Å². The van der Waals surface area contributed by atoms with Gasteiger partial charge in [-0.25, -0.2) is 4.39 Å². The van der Waals surface area contributed by atoms with Crippen molar-refractivity contribution in [2.45, 2.75) is 18.9 Å². The van der Waals surface area contributed by atoms with E-state index in [4.69, 9.17) is 10.5 Å². The van der Waals surface area contributed by atoms with Crippen molar-refractivity contribution in [1.29, 1.82) is 0 Å². The average Bonchev–Trinajstić information content (AvgIpc) is 2.21. The van der Waals surface area contributed by atoms with Gasteiger partial charge in [-0.05, 0) is 37.0 Å². The van der Waals surface area contributed by atoms with Gasteiger partial charge in [-0.3, -0.25) is 0 Å². The Morgan fingerprint density at radius 1 is 1.50 bits per heavy atom. The van der Waals surface area contributed by atoms with Crippen LogP contribution in [0.2, 0.25) is 0 Å². The lowest BCUT2D eigenvalue weighted by atomic mass is 9.82. The number of rotatable bonds is 4. The van der Waals surface area contributed by atoms with Crippen LogP contribution in [-0.4, -0.2) is 19.8 Å². The summed E-state index contributed by atoms with van der Waals surface area (Å²) in [5.74, 6) is 0.340. The molecule has 0 amide bonds. The number of halogens is 1. The van der Waals surface area contributed by atoms with E-state index in [0.717, 1.165) is 19.4 Å². The third kappa shape index (κ3) is 2.44. The molecule has 16 heavy (non-hydrogen) atoms. The van der Waals surface area contributed by atoms with Crippen LogP contribution < -0.4 is 11.1 Å². The number of benzene rings is 1. The summed E-state index contributed by atoms with van der Waals surface area (Å²) < 4.78 is 18.2. The maximum Gasteiger partial charge on any atom is 0.125 e. The predicted octanol–water partition coefficient (Wildman–Crippen LogP) is 2.24. The minimum Gasteiger partial charge on any atom is -0.397 e. The molecule has 2 rings (SSSR count). The summed E-state index contributed by atoms with van der Waals surface area (Å²) in [6, 6.07) is 4.38. The minimum atomic E-state index is -0.264. The quantitative estimate of drug-likeness (QED) is 0.771. The zero-order valence-corrected chi connectivity index (χ0v) is 9.37. The number of ether oxygens (including phenoxy) is 1. The van der Waals surface area contributed by atoms with Gasteiger partial charge in [0.1, 0.15) is 5.82 Å². The van der Waals surface area contributed by atoms with Crippen LogP contribution in [0.4, 0.5) is 15.8 Å². The molecule has 0 bridgehead atoms. The van der Waals surface area contributed by atoms with Gasteiger partial charge in [-0.15, -0.1) is 0 Å². The van der Waals surface area contributed by atoms with Crippen molar-refractivity contribution in [2.24, 2.45) is 5.92 Å². The second-order valence-electron chi connectivity index (χ2n) is 4.31. The first-order valence-corrected chi connectivity index (χ1v) is 5.50. The van der Waals surface area contributed by atoms with E-state index >= 15 is 0 Å². The molecule has 1 aliphatic carbocycles. The Bertz CT molecular complexity index is 364. The van der Waals surface area contributed by atoms with E-state index in [1.54, 1.807) is 13.2 Å². The van der Waals surface area contributed by atoms with Crippen molar-refractivity contribution in [3.8, 4) is 0 Å². The SMILES string of the molecule is COC1CC(CNc2cc(F)ccc2N)C1. The molecule has 0 aliphatic heterocycles. The topological polar surface area (TPSA) is 47.3 Å². The van der Waals surface area contributed by atoms with E-state index in [1.807, 2.05) is 0 Å². The van der Waals surface area contributed by atoms with E-state index in [9.17, 15) is 4.39 Å². The van der Waals surface area contributed by atoms with Crippen LogP contribution >= 0.6 is 0 Å². The summed E-state index contributed by atoms with van der Waals surface area (Å²) in [7, 11) is 1.73. The van der Waals surface area contributed by atoms with Crippen LogP contribution in [0, 0.1) is 11.7 Å². The Kier molecular flexibility index (Phi) is 3.29. The highest BCUT2D eigenvalue weighted by Gasteiger charge is 2.28. The molecule has 3 N–H and O–H groups in total. The van der Waals surface area contributed by atoms with Gasteiger partial charge in [0.2, 0.25) is 0 Å². The van der Waals surface area contributed by atoms with E-state index in [-0.39, 0.29) is 5.82 Å². The summed E-state index contributed by atoms with van der Waals surface area (Å²) >= 11 is 0. The zero-order valence-electron chi connectivity index (χ0n) is 9.37.